The van der Waals surface area contributed by atoms with E-state index in [1.807, 2.05) is 53.6 Å². The van der Waals surface area contributed by atoms with Crippen molar-refractivity contribution in [3.05, 3.63) is 89.1 Å². The number of para-hydroxylation sites is 1. The Hall–Kier alpha value is -4.20. The fourth-order valence-corrected chi connectivity index (χ4v) is 4.53. The zero-order valence-electron chi connectivity index (χ0n) is 18.8. The van der Waals surface area contributed by atoms with Gasteiger partial charge in [-0.1, -0.05) is 36.4 Å². The van der Waals surface area contributed by atoms with E-state index in [1.165, 1.54) is 6.07 Å². The zero-order valence-corrected chi connectivity index (χ0v) is 18.8. The van der Waals surface area contributed by atoms with Crippen LogP contribution in [0.3, 0.4) is 0 Å². The molecule has 5 rings (SSSR count). The normalized spacial score (nSPS) is 17.0. The summed E-state index contributed by atoms with van der Waals surface area (Å²) in [5.74, 6) is -1.26. The third-order valence-corrected chi connectivity index (χ3v) is 6.02. The highest BCUT2D eigenvalue weighted by Crippen LogP contribution is 2.54. The van der Waals surface area contributed by atoms with Gasteiger partial charge in [0.2, 0.25) is 0 Å². The average molecular weight is 479 g/mol. The van der Waals surface area contributed by atoms with Crippen LogP contribution in [0.4, 0.5) is 18.9 Å². The molecule has 0 aliphatic carbocycles. The van der Waals surface area contributed by atoms with Crippen LogP contribution in [0.5, 0.6) is 17.2 Å². The number of esters is 1. The van der Waals surface area contributed by atoms with Crippen LogP contribution in [-0.4, -0.2) is 26.4 Å². The molecule has 3 aromatic rings. The number of hydrogen-bond donors (Lipinski definition) is 0. The maximum absolute atomic E-state index is 13.0. The number of nitrogens with zero attached hydrogens (tertiary/aromatic N) is 1. The molecule has 2 heterocycles. The fourth-order valence-electron chi connectivity index (χ4n) is 4.53. The number of hydrogen-bond acceptors (Lipinski definition) is 5. The lowest BCUT2D eigenvalue weighted by Crippen LogP contribution is -2.29. The van der Waals surface area contributed by atoms with E-state index >= 15 is 0 Å². The predicted octanol–water partition coefficient (Wildman–Crippen LogP) is 6.26. The van der Waals surface area contributed by atoms with Gasteiger partial charge in [-0.05, 0) is 53.1 Å². The van der Waals surface area contributed by atoms with E-state index in [1.54, 1.807) is 38.5 Å². The number of benzene rings is 3. The van der Waals surface area contributed by atoms with Crippen LogP contribution in [0.25, 0.3) is 17.7 Å². The first-order valence-electron chi connectivity index (χ1n) is 10.7. The molecule has 0 N–H and O–H groups in total. The number of alkyl halides is 3. The molecule has 2 aliphatic rings. The van der Waals surface area contributed by atoms with Crippen LogP contribution in [0, 0.1) is 0 Å². The molecule has 3 aromatic carbocycles. The van der Waals surface area contributed by atoms with Crippen LogP contribution >= 0.6 is 0 Å². The molecule has 0 saturated carbocycles. The quantitative estimate of drug-likeness (QED) is 0.327. The van der Waals surface area contributed by atoms with E-state index in [4.69, 9.17) is 14.2 Å². The first kappa shape index (κ1) is 22.6. The van der Waals surface area contributed by atoms with Gasteiger partial charge in [-0.2, -0.15) is 13.2 Å². The number of halogens is 3. The van der Waals surface area contributed by atoms with Crippen molar-refractivity contribution in [2.75, 3.05) is 19.1 Å². The lowest BCUT2D eigenvalue weighted by Gasteiger charge is -2.31. The maximum Gasteiger partial charge on any atom is 0.491 e. The molecule has 5 nitrogen and oxygen atoms in total. The molecule has 1 atom stereocenters. The molecular formula is C27H20F3NO4. The molecule has 178 valence electrons. The van der Waals surface area contributed by atoms with Crippen LogP contribution in [-0.2, 0) is 4.79 Å². The number of rotatable bonds is 4. The Labute approximate surface area is 199 Å². The maximum atomic E-state index is 13.0. The van der Waals surface area contributed by atoms with Gasteiger partial charge in [0, 0.05) is 23.0 Å². The van der Waals surface area contributed by atoms with Crippen molar-refractivity contribution < 1.29 is 32.2 Å². The van der Waals surface area contributed by atoms with Crippen molar-refractivity contribution in [2.45, 2.75) is 12.2 Å². The average Bonchev–Trinajstić information content (AvgIpc) is 3.17. The summed E-state index contributed by atoms with van der Waals surface area (Å²) in [7, 11) is 3.10. The van der Waals surface area contributed by atoms with Gasteiger partial charge >= 0.3 is 12.1 Å². The Morgan fingerprint density at radius 1 is 0.943 bits per heavy atom. The number of fused-ring (bicyclic) bond motifs is 5. The van der Waals surface area contributed by atoms with Crippen LogP contribution in [0.15, 0.2) is 66.9 Å². The Balaban J connectivity index is 1.68. The van der Waals surface area contributed by atoms with E-state index in [2.05, 4.69) is 0 Å². The van der Waals surface area contributed by atoms with E-state index in [-0.39, 0.29) is 5.75 Å². The summed E-state index contributed by atoms with van der Waals surface area (Å²) in [6.07, 6.45) is 0.532. The van der Waals surface area contributed by atoms with Gasteiger partial charge in [-0.3, -0.25) is 0 Å². The molecule has 8 heteroatoms. The Morgan fingerprint density at radius 3 is 2.46 bits per heavy atom. The summed E-state index contributed by atoms with van der Waals surface area (Å²) < 4.78 is 54.7. The van der Waals surface area contributed by atoms with Gasteiger partial charge in [-0.15, -0.1) is 0 Å². The molecule has 0 fully saturated rings. The molecule has 1 unspecified atom stereocenters. The fraction of sp³-hybridized carbons (Fsp3) is 0.148. The topological polar surface area (TPSA) is 48.0 Å². The van der Waals surface area contributed by atoms with Gasteiger partial charge < -0.3 is 19.1 Å². The van der Waals surface area contributed by atoms with Gasteiger partial charge in [0.25, 0.3) is 0 Å². The molecule has 0 amide bonds. The minimum atomic E-state index is -5.11. The molecule has 0 bridgehead atoms. The van der Waals surface area contributed by atoms with Crippen molar-refractivity contribution >= 4 is 29.4 Å². The smallest absolute Gasteiger partial charge is 0.491 e. The van der Waals surface area contributed by atoms with Gasteiger partial charge in [0.05, 0.1) is 20.3 Å². The van der Waals surface area contributed by atoms with E-state index in [9.17, 15) is 18.0 Å². The second kappa shape index (κ2) is 8.54. The zero-order chi connectivity index (χ0) is 24.7. The van der Waals surface area contributed by atoms with Crippen molar-refractivity contribution in [1.82, 2.24) is 0 Å². The number of carbonyl (C=O) groups is 1. The monoisotopic (exact) mass is 479 g/mol. The lowest BCUT2D eigenvalue weighted by atomic mass is 9.89. The van der Waals surface area contributed by atoms with Crippen molar-refractivity contribution in [3.8, 4) is 17.2 Å². The lowest BCUT2D eigenvalue weighted by molar-refractivity contribution is -0.189. The molecule has 0 saturated heterocycles. The second-order valence-electron chi connectivity index (χ2n) is 8.00. The first-order chi connectivity index (χ1) is 16.8. The third-order valence-electron chi connectivity index (χ3n) is 6.02. The summed E-state index contributed by atoms with van der Waals surface area (Å²) >= 11 is 0. The second-order valence-corrected chi connectivity index (χ2v) is 8.00. The number of ether oxygens (including phenoxy) is 3. The predicted molar refractivity (Wildman–Crippen MR) is 126 cm³/mol. The SMILES string of the molecule is COc1ccc(C=C2c3ccccc3N3C=Cc4cccc(OC(=O)C(F)(F)F)c4C23)cc1OC. The summed E-state index contributed by atoms with van der Waals surface area (Å²) in [5.41, 5.74) is 4.62. The van der Waals surface area contributed by atoms with E-state index < -0.39 is 18.2 Å². The number of methoxy groups -OCH3 is 2. The van der Waals surface area contributed by atoms with Crippen LogP contribution in [0.1, 0.15) is 28.3 Å². The van der Waals surface area contributed by atoms with Gasteiger partial charge in [0.15, 0.2) is 11.5 Å². The number of carbonyl (C=O) groups excluding carboxylic acids is 1. The summed E-state index contributed by atoms with van der Waals surface area (Å²) in [5, 5.41) is 0. The first-order valence-corrected chi connectivity index (χ1v) is 10.7. The minimum Gasteiger partial charge on any atom is -0.493 e. The Bertz CT molecular complexity index is 1380. The molecule has 35 heavy (non-hydrogen) atoms. The summed E-state index contributed by atoms with van der Waals surface area (Å²) in [6, 6.07) is 17.4. The highest BCUT2D eigenvalue weighted by atomic mass is 19.4. The number of anilines is 1. The largest absolute Gasteiger partial charge is 0.493 e. The molecular weight excluding hydrogens is 459 g/mol. The molecule has 2 aliphatic heterocycles. The summed E-state index contributed by atoms with van der Waals surface area (Å²) in [4.78, 5) is 13.7. The van der Waals surface area contributed by atoms with Crippen molar-refractivity contribution in [1.29, 1.82) is 0 Å². The van der Waals surface area contributed by atoms with Gasteiger partial charge in [0.1, 0.15) is 5.75 Å². The molecule has 0 spiro atoms. The standard InChI is InChI=1S/C27H20F3NO4/c1-33-21-11-10-16(15-23(21)34-2)14-19-18-7-3-4-8-20(18)31-13-12-17-6-5-9-22(24(17)25(19)31)35-26(32)27(28,29)30/h3-15,25H,1-2H3. The third kappa shape index (κ3) is 3.90. The van der Waals surface area contributed by atoms with E-state index in [0.717, 1.165) is 22.4 Å². The Kier molecular flexibility index (Phi) is 5.51. The molecule has 0 radical (unpaired) electrons. The van der Waals surface area contributed by atoms with E-state index in [0.29, 0.717) is 22.6 Å². The minimum absolute atomic E-state index is 0.129. The highest BCUT2D eigenvalue weighted by Gasteiger charge is 2.43. The van der Waals surface area contributed by atoms with Crippen molar-refractivity contribution in [3.63, 3.8) is 0 Å². The summed E-state index contributed by atoms with van der Waals surface area (Å²) in [6.45, 7) is 0. The van der Waals surface area contributed by atoms with Crippen LogP contribution < -0.4 is 19.1 Å². The van der Waals surface area contributed by atoms with Gasteiger partial charge in [-0.25, -0.2) is 4.79 Å². The Morgan fingerprint density at radius 2 is 1.71 bits per heavy atom. The molecule has 0 aromatic heterocycles. The van der Waals surface area contributed by atoms with Crippen LogP contribution in [0.2, 0.25) is 0 Å². The highest BCUT2D eigenvalue weighted by molar-refractivity contribution is 5.99. The van der Waals surface area contributed by atoms with Crippen molar-refractivity contribution in [2.24, 2.45) is 0 Å².